The fourth-order valence-electron chi connectivity index (χ4n) is 2.11. The number of nitrogens with two attached hydrogens (primary N) is 1. The highest BCUT2D eigenvalue weighted by atomic mass is 16.3. The molecule has 0 aliphatic heterocycles. The standard InChI is InChI=1S/C15H18N4O2/c1-8-5-11(6-9(2)14(8)20)18-15(21)10-3-4-13(19-17)12(16)7-10/h3-7,19-20H,16-17H2,1-2H3,(H,18,21)/p+1. The summed E-state index contributed by atoms with van der Waals surface area (Å²) >= 11 is 0. The number of aryl methyl sites for hydroxylation is 2. The molecule has 110 valence electrons. The third kappa shape index (κ3) is 3.13. The number of hydrazine groups is 1. The van der Waals surface area contributed by atoms with Crippen LogP contribution >= 0.6 is 0 Å². The van der Waals surface area contributed by atoms with E-state index < -0.39 is 0 Å². The number of phenols is 1. The van der Waals surface area contributed by atoms with Crippen molar-refractivity contribution < 1.29 is 15.6 Å². The van der Waals surface area contributed by atoms with Gasteiger partial charge in [0.25, 0.3) is 5.91 Å². The average molecular weight is 287 g/mol. The van der Waals surface area contributed by atoms with Gasteiger partial charge >= 0.3 is 0 Å². The molecule has 0 aliphatic rings. The van der Waals surface area contributed by atoms with Gasteiger partial charge in [-0.3, -0.25) is 10.6 Å². The van der Waals surface area contributed by atoms with E-state index in [1.165, 1.54) is 0 Å². The molecule has 0 aromatic heterocycles. The topological polar surface area (TPSA) is 115 Å². The Hall–Kier alpha value is -2.57. The van der Waals surface area contributed by atoms with E-state index >= 15 is 0 Å². The first kappa shape index (κ1) is 14.8. The van der Waals surface area contributed by atoms with Crippen molar-refractivity contribution >= 4 is 23.0 Å². The highest BCUT2D eigenvalue weighted by Gasteiger charge is 2.11. The molecule has 21 heavy (non-hydrogen) atoms. The molecule has 2 aromatic carbocycles. The second-order valence-electron chi connectivity index (χ2n) is 4.93. The predicted molar refractivity (Wildman–Crippen MR) is 82.3 cm³/mol. The molecule has 1 amide bonds. The molecule has 0 atom stereocenters. The molecule has 6 heteroatoms. The molecule has 0 fully saturated rings. The van der Waals surface area contributed by atoms with Crippen LogP contribution in [0.2, 0.25) is 0 Å². The van der Waals surface area contributed by atoms with Crippen molar-refractivity contribution in [2.24, 2.45) is 5.84 Å². The molecule has 0 radical (unpaired) electrons. The lowest BCUT2D eigenvalue weighted by atomic mass is 10.1. The number of phenolic OH excluding ortho intramolecular Hbond substituents is 1. The molecule has 2 rings (SSSR count). The summed E-state index contributed by atoms with van der Waals surface area (Å²) in [7, 11) is 0. The molecular weight excluding hydrogens is 268 g/mol. The maximum Gasteiger partial charge on any atom is 0.255 e. The van der Waals surface area contributed by atoms with E-state index in [0.717, 1.165) is 0 Å². The van der Waals surface area contributed by atoms with Crippen LogP contribution in [0, 0.1) is 13.8 Å². The minimum absolute atomic E-state index is 0.242. The van der Waals surface area contributed by atoms with Crippen molar-refractivity contribution in [3.05, 3.63) is 47.0 Å². The van der Waals surface area contributed by atoms with Crippen LogP contribution < -0.4 is 22.3 Å². The van der Waals surface area contributed by atoms with Crippen molar-refractivity contribution in [3.8, 4) is 5.75 Å². The smallest absolute Gasteiger partial charge is 0.255 e. The fourth-order valence-corrected chi connectivity index (χ4v) is 2.11. The van der Waals surface area contributed by atoms with Crippen molar-refractivity contribution in [1.29, 1.82) is 0 Å². The summed E-state index contributed by atoms with van der Waals surface area (Å²) in [6.45, 7) is 3.57. The number of nitrogens with one attached hydrogen (secondary N) is 2. The summed E-state index contributed by atoms with van der Waals surface area (Å²) in [5, 5.41) is 12.5. The van der Waals surface area contributed by atoms with E-state index in [4.69, 9.17) is 5.84 Å². The minimum Gasteiger partial charge on any atom is -0.507 e. The van der Waals surface area contributed by atoms with E-state index in [1.807, 2.05) is 0 Å². The average Bonchev–Trinajstić information content (AvgIpc) is 2.44. The summed E-state index contributed by atoms with van der Waals surface area (Å²) in [5.41, 5.74) is 10.2. The lowest BCUT2D eigenvalue weighted by molar-refractivity contribution is -0.253. The lowest BCUT2D eigenvalue weighted by Crippen LogP contribution is -2.41. The van der Waals surface area contributed by atoms with Crippen LogP contribution in [0.4, 0.5) is 17.1 Å². The Labute approximate surface area is 122 Å². The zero-order chi connectivity index (χ0) is 15.6. The molecular formula is C15H19N4O2+. The number of aromatic hydroxyl groups is 1. The second-order valence-corrected chi connectivity index (χ2v) is 4.93. The minimum atomic E-state index is -0.243. The van der Waals surface area contributed by atoms with Crippen LogP contribution in [0.3, 0.4) is 0 Å². The number of benzene rings is 2. The van der Waals surface area contributed by atoms with Crippen molar-refractivity contribution in [1.82, 2.24) is 0 Å². The highest BCUT2D eigenvalue weighted by Crippen LogP contribution is 2.26. The summed E-state index contributed by atoms with van der Waals surface area (Å²) < 4.78 is 0. The van der Waals surface area contributed by atoms with Crippen molar-refractivity contribution in [2.75, 3.05) is 10.7 Å². The van der Waals surface area contributed by atoms with Crippen LogP contribution in [0.1, 0.15) is 21.5 Å². The first-order valence-electron chi connectivity index (χ1n) is 6.46. The lowest BCUT2D eigenvalue weighted by Gasteiger charge is -2.10. The summed E-state index contributed by atoms with van der Waals surface area (Å²) in [5.74, 6) is 5.33. The quantitative estimate of drug-likeness (QED) is 0.333. The summed E-state index contributed by atoms with van der Waals surface area (Å²) in [6.07, 6.45) is 0. The Balaban J connectivity index is 2.24. The SMILES string of the molecule is Cc1cc(NC(=O)c2ccc(NN)c([NH3+])c2)cc(C)c1O. The third-order valence-electron chi connectivity index (χ3n) is 3.27. The molecule has 6 nitrogen and oxygen atoms in total. The van der Waals surface area contributed by atoms with Gasteiger partial charge in [-0.2, -0.15) is 0 Å². The van der Waals surface area contributed by atoms with E-state index in [2.05, 4.69) is 16.5 Å². The van der Waals surface area contributed by atoms with E-state index in [0.29, 0.717) is 33.8 Å². The van der Waals surface area contributed by atoms with Crippen LogP contribution in [-0.2, 0) is 0 Å². The Bertz CT molecular complexity index is 675. The first-order valence-corrected chi connectivity index (χ1v) is 6.46. The third-order valence-corrected chi connectivity index (χ3v) is 3.27. The zero-order valence-electron chi connectivity index (χ0n) is 12.0. The van der Waals surface area contributed by atoms with Gasteiger partial charge in [0.05, 0.1) is 0 Å². The maximum absolute atomic E-state index is 12.2. The highest BCUT2D eigenvalue weighted by molar-refractivity contribution is 6.05. The number of carbonyl (C=O) groups is 1. The largest absolute Gasteiger partial charge is 0.507 e. The van der Waals surface area contributed by atoms with Gasteiger partial charge in [-0.25, -0.2) is 0 Å². The van der Waals surface area contributed by atoms with E-state index in [9.17, 15) is 9.90 Å². The number of hydrogen-bond acceptors (Lipinski definition) is 4. The van der Waals surface area contributed by atoms with E-state index in [1.54, 1.807) is 44.2 Å². The molecule has 0 heterocycles. The Morgan fingerprint density at radius 1 is 1.19 bits per heavy atom. The van der Waals surface area contributed by atoms with Crippen LogP contribution in [-0.4, -0.2) is 11.0 Å². The molecule has 0 unspecified atom stereocenters. The van der Waals surface area contributed by atoms with Gasteiger partial charge in [0.15, 0.2) is 5.69 Å². The van der Waals surface area contributed by atoms with Gasteiger partial charge in [-0.15, -0.1) is 0 Å². The van der Waals surface area contributed by atoms with Gasteiger partial charge in [0, 0.05) is 17.3 Å². The molecule has 0 bridgehead atoms. The van der Waals surface area contributed by atoms with Gasteiger partial charge in [-0.05, 0) is 49.2 Å². The monoisotopic (exact) mass is 287 g/mol. The number of nitrogen functional groups attached to an aromatic ring is 1. The molecule has 0 spiro atoms. The Kier molecular flexibility index (Phi) is 4.11. The molecule has 8 N–H and O–H groups in total. The number of rotatable bonds is 3. The molecule has 0 aliphatic carbocycles. The Morgan fingerprint density at radius 3 is 2.33 bits per heavy atom. The number of quaternary nitrogens is 1. The second kappa shape index (κ2) is 5.82. The predicted octanol–water partition coefficient (Wildman–Crippen LogP) is 1.42. The molecule has 0 saturated carbocycles. The first-order chi connectivity index (χ1) is 9.92. The maximum atomic E-state index is 12.2. The molecule has 2 aromatic rings. The van der Waals surface area contributed by atoms with Crippen LogP contribution in [0.15, 0.2) is 30.3 Å². The van der Waals surface area contributed by atoms with Crippen molar-refractivity contribution in [3.63, 3.8) is 0 Å². The molecule has 0 saturated heterocycles. The number of carbonyl (C=O) groups excluding carboxylic acids is 1. The van der Waals surface area contributed by atoms with Crippen LogP contribution in [0.25, 0.3) is 0 Å². The fraction of sp³-hybridized carbons (Fsp3) is 0.133. The van der Waals surface area contributed by atoms with Gasteiger partial charge in [-0.1, -0.05) is 0 Å². The normalized spacial score (nSPS) is 10.3. The van der Waals surface area contributed by atoms with E-state index in [-0.39, 0.29) is 11.7 Å². The van der Waals surface area contributed by atoms with Gasteiger partial charge in [0.2, 0.25) is 0 Å². The van der Waals surface area contributed by atoms with Gasteiger partial charge < -0.3 is 21.6 Å². The Morgan fingerprint density at radius 2 is 1.81 bits per heavy atom. The van der Waals surface area contributed by atoms with Crippen molar-refractivity contribution in [2.45, 2.75) is 13.8 Å². The zero-order valence-corrected chi connectivity index (χ0v) is 12.0. The van der Waals surface area contributed by atoms with Crippen LogP contribution in [0.5, 0.6) is 5.75 Å². The summed E-state index contributed by atoms with van der Waals surface area (Å²) in [6, 6.07) is 8.47. The number of hydrogen-bond donors (Lipinski definition) is 5. The number of anilines is 2. The number of amides is 1. The summed E-state index contributed by atoms with van der Waals surface area (Å²) in [4.78, 5) is 12.2. The van der Waals surface area contributed by atoms with Gasteiger partial charge in [0.1, 0.15) is 11.4 Å².